The Balaban J connectivity index is 1.52. The topological polar surface area (TPSA) is 137 Å². The third-order valence-electron chi connectivity index (χ3n) is 6.06. The van der Waals surface area contributed by atoms with Crippen molar-refractivity contribution in [2.75, 3.05) is 24.4 Å². The van der Waals surface area contributed by atoms with Crippen molar-refractivity contribution in [2.45, 2.75) is 13.5 Å². The molecule has 1 heterocycles. The number of benzene rings is 3. The zero-order chi connectivity index (χ0) is 28.3. The molecular formula is C28H23ClN3O7-. The summed E-state index contributed by atoms with van der Waals surface area (Å²) >= 11 is 6.29. The summed E-state index contributed by atoms with van der Waals surface area (Å²) in [6.07, 6.45) is 0. The number of carboxylic acids is 1. The maximum absolute atomic E-state index is 13.3. The zero-order valence-electron chi connectivity index (χ0n) is 21.2. The number of nitrogens with zero attached hydrogens (tertiary/aromatic N) is 1. The summed E-state index contributed by atoms with van der Waals surface area (Å²) in [4.78, 5) is 50.9. The molecule has 0 aromatic heterocycles. The quantitative estimate of drug-likeness (QED) is 0.389. The van der Waals surface area contributed by atoms with Crippen molar-refractivity contribution in [3.8, 4) is 11.5 Å². The molecule has 0 saturated carbocycles. The summed E-state index contributed by atoms with van der Waals surface area (Å²) in [5, 5.41) is 16.3. The van der Waals surface area contributed by atoms with E-state index in [1.165, 1.54) is 38.5 Å². The van der Waals surface area contributed by atoms with Gasteiger partial charge in [0.2, 0.25) is 0 Å². The lowest BCUT2D eigenvalue weighted by atomic mass is 10.1. The van der Waals surface area contributed by atoms with E-state index in [9.17, 15) is 24.3 Å². The molecule has 0 bridgehead atoms. The number of anilines is 2. The minimum Gasteiger partial charge on any atom is -0.545 e. The predicted octanol–water partition coefficient (Wildman–Crippen LogP) is 2.74. The first-order chi connectivity index (χ1) is 18.6. The third-order valence-corrected chi connectivity index (χ3v) is 6.41. The van der Waals surface area contributed by atoms with Gasteiger partial charge < -0.3 is 30.0 Å². The lowest BCUT2D eigenvalue weighted by molar-refractivity contribution is -0.255. The highest BCUT2D eigenvalue weighted by atomic mass is 35.5. The molecular weight excluding hydrogens is 526 g/mol. The fourth-order valence-electron chi connectivity index (χ4n) is 3.88. The van der Waals surface area contributed by atoms with Gasteiger partial charge in [-0.25, -0.2) is 4.90 Å². The fourth-order valence-corrected chi connectivity index (χ4v) is 4.09. The van der Waals surface area contributed by atoms with Crippen LogP contribution in [-0.4, -0.2) is 37.9 Å². The van der Waals surface area contributed by atoms with E-state index < -0.39 is 23.7 Å². The molecule has 0 radical (unpaired) electrons. The van der Waals surface area contributed by atoms with Crippen LogP contribution in [0.4, 0.5) is 11.4 Å². The summed E-state index contributed by atoms with van der Waals surface area (Å²) in [6, 6.07) is 15.4. The van der Waals surface area contributed by atoms with Gasteiger partial charge in [-0.1, -0.05) is 41.9 Å². The van der Waals surface area contributed by atoms with Gasteiger partial charge >= 0.3 is 0 Å². The second kappa shape index (κ2) is 11.3. The number of halogens is 1. The Kier molecular flexibility index (Phi) is 7.87. The average molecular weight is 549 g/mol. The van der Waals surface area contributed by atoms with E-state index >= 15 is 0 Å². The van der Waals surface area contributed by atoms with Crippen LogP contribution in [0.15, 0.2) is 71.4 Å². The number of ether oxygens (including phenoxy) is 2. The van der Waals surface area contributed by atoms with Gasteiger partial charge in [-0.3, -0.25) is 14.4 Å². The van der Waals surface area contributed by atoms with E-state index in [1.54, 1.807) is 43.3 Å². The molecule has 200 valence electrons. The number of imide groups is 1. The highest BCUT2D eigenvalue weighted by Crippen LogP contribution is 2.38. The monoisotopic (exact) mass is 548 g/mol. The van der Waals surface area contributed by atoms with Gasteiger partial charge in [0.1, 0.15) is 22.2 Å². The number of methoxy groups -OCH3 is 2. The van der Waals surface area contributed by atoms with Crippen LogP contribution in [0.3, 0.4) is 0 Å². The first-order valence-electron chi connectivity index (χ1n) is 11.6. The van der Waals surface area contributed by atoms with Crippen LogP contribution in [0.2, 0.25) is 0 Å². The number of hydrogen-bond donors (Lipinski definition) is 2. The summed E-state index contributed by atoms with van der Waals surface area (Å²) in [5.74, 6) is -2.39. The number of aryl methyl sites for hydroxylation is 1. The number of carboxylic acid groups (broad SMARTS) is 1. The summed E-state index contributed by atoms with van der Waals surface area (Å²) in [6.45, 7) is 1.92. The van der Waals surface area contributed by atoms with Gasteiger partial charge in [0.05, 0.1) is 25.9 Å². The Hall–Kier alpha value is -4.83. The second-order valence-corrected chi connectivity index (χ2v) is 8.87. The van der Waals surface area contributed by atoms with Crippen molar-refractivity contribution < 1.29 is 33.8 Å². The van der Waals surface area contributed by atoms with Crippen LogP contribution < -0.4 is 30.1 Å². The highest BCUT2D eigenvalue weighted by Gasteiger charge is 2.40. The Bertz CT molecular complexity index is 1520. The second-order valence-electron chi connectivity index (χ2n) is 8.49. The number of carbonyl (C=O) groups excluding carboxylic acids is 4. The van der Waals surface area contributed by atoms with Crippen molar-refractivity contribution in [2.24, 2.45) is 0 Å². The maximum atomic E-state index is 13.3. The van der Waals surface area contributed by atoms with Crippen LogP contribution in [0.5, 0.6) is 11.5 Å². The number of amides is 3. The van der Waals surface area contributed by atoms with Gasteiger partial charge in [-0.15, -0.1) is 0 Å². The number of hydrogen-bond acceptors (Lipinski definition) is 8. The van der Waals surface area contributed by atoms with E-state index in [0.29, 0.717) is 22.6 Å². The van der Waals surface area contributed by atoms with E-state index in [2.05, 4.69) is 10.6 Å². The molecule has 2 N–H and O–H groups in total. The lowest BCUT2D eigenvalue weighted by Crippen LogP contribution is -2.32. The molecule has 0 saturated heterocycles. The van der Waals surface area contributed by atoms with Crippen LogP contribution >= 0.6 is 11.6 Å². The molecule has 4 rings (SSSR count). The first-order valence-corrected chi connectivity index (χ1v) is 12.0. The minimum absolute atomic E-state index is 0.0382. The fraction of sp³-hybridized carbons (Fsp3) is 0.143. The van der Waals surface area contributed by atoms with Gasteiger partial charge in [-0.05, 0) is 47.9 Å². The smallest absolute Gasteiger partial charge is 0.283 e. The Labute approximate surface area is 228 Å². The summed E-state index contributed by atoms with van der Waals surface area (Å²) in [7, 11) is 2.88. The average Bonchev–Trinajstić information content (AvgIpc) is 3.15. The van der Waals surface area contributed by atoms with Crippen LogP contribution in [-0.2, 0) is 16.1 Å². The van der Waals surface area contributed by atoms with Crippen molar-refractivity contribution in [1.82, 2.24) is 5.32 Å². The van der Waals surface area contributed by atoms with Gasteiger partial charge in [0, 0.05) is 23.9 Å². The minimum atomic E-state index is -1.28. The molecule has 3 aromatic rings. The highest BCUT2D eigenvalue weighted by molar-refractivity contribution is 6.53. The third kappa shape index (κ3) is 5.55. The number of rotatable bonds is 9. The number of nitrogens with one attached hydrogen (secondary N) is 2. The Morgan fingerprint density at radius 2 is 1.62 bits per heavy atom. The largest absolute Gasteiger partial charge is 0.545 e. The molecule has 0 spiro atoms. The van der Waals surface area contributed by atoms with Gasteiger partial charge in [-0.2, -0.15) is 0 Å². The van der Waals surface area contributed by atoms with Crippen molar-refractivity contribution in [3.63, 3.8) is 0 Å². The molecule has 39 heavy (non-hydrogen) atoms. The Morgan fingerprint density at radius 1 is 0.923 bits per heavy atom. The molecule has 1 aliphatic rings. The predicted molar refractivity (Wildman–Crippen MR) is 142 cm³/mol. The molecule has 0 unspecified atom stereocenters. The molecule has 0 atom stereocenters. The maximum Gasteiger partial charge on any atom is 0.283 e. The van der Waals surface area contributed by atoms with E-state index in [1.807, 2.05) is 0 Å². The number of aromatic carboxylic acids is 1. The van der Waals surface area contributed by atoms with Crippen molar-refractivity contribution >= 4 is 46.7 Å². The SMILES string of the molecule is COc1ccc(N2C(=O)C(Cl)=C(Nc3cc(C(=O)NCc4ccc(C(=O)[O-])cc4)ccc3C)C2=O)c(OC)c1. The summed E-state index contributed by atoms with van der Waals surface area (Å²) in [5.41, 5.74) is 2.17. The van der Waals surface area contributed by atoms with Gasteiger partial charge in [0.25, 0.3) is 17.7 Å². The van der Waals surface area contributed by atoms with Crippen LogP contribution in [0, 0.1) is 6.92 Å². The summed E-state index contributed by atoms with van der Waals surface area (Å²) < 4.78 is 10.5. The van der Waals surface area contributed by atoms with Crippen LogP contribution in [0.25, 0.3) is 0 Å². The Morgan fingerprint density at radius 3 is 2.26 bits per heavy atom. The molecule has 1 aliphatic heterocycles. The molecule has 10 nitrogen and oxygen atoms in total. The van der Waals surface area contributed by atoms with Crippen molar-refractivity contribution in [1.29, 1.82) is 0 Å². The molecule has 3 amide bonds. The van der Waals surface area contributed by atoms with Crippen LogP contribution in [0.1, 0.15) is 31.8 Å². The molecule has 0 fully saturated rings. The van der Waals surface area contributed by atoms with E-state index in [0.717, 1.165) is 4.90 Å². The zero-order valence-corrected chi connectivity index (χ0v) is 21.9. The number of carbonyl (C=O) groups is 4. The first kappa shape index (κ1) is 27.2. The molecule has 11 heteroatoms. The van der Waals surface area contributed by atoms with Crippen molar-refractivity contribution in [3.05, 3.63) is 93.6 Å². The standard InChI is InChI=1S/C28H24ClN3O7/c1-15-4-7-18(25(33)30-14-16-5-8-17(9-6-16)28(36)37)12-20(15)31-24-23(29)26(34)32(27(24)35)21-11-10-19(38-2)13-22(21)39-3/h4-13,31H,14H2,1-3H3,(H,30,33)(H,36,37)/p-1. The van der Waals surface area contributed by atoms with E-state index in [4.69, 9.17) is 21.1 Å². The lowest BCUT2D eigenvalue weighted by Gasteiger charge is -2.19. The normalized spacial score (nSPS) is 13.0. The molecule has 0 aliphatic carbocycles. The van der Waals surface area contributed by atoms with Gasteiger partial charge in [0.15, 0.2) is 0 Å². The van der Waals surface area contributed by atoms with E-state index in [-0.39, 0.29) is 39.8 Å². The molecule has 3 aromatic carbocycles.